The molecule has 0 spiro atoms. The van der Waals surface area contributed by atoms with Crippen LogP contribution in [0.25, 0.3) is 0 Å². The van der Waals surface area contributed by atoms with Crippen LogP contribution in [0.2, 0.25) is 0 Å². The van der Waals surface area contributed by atoms with Crippen LogP contribution < -0.4 is 10.6 Å². The highest BCUT2D eigenvalue weighted by Gasteiger charge is 2.21. The number of nitrogens with one attached hydrogen (secondary N) is 2. The standard InChI is InChI=1S/C17H28FN3O.HI/c1-6-19-16(21-13(2)11-22-5)20-12-17(3,4)14-8-7-9-15(18)10-14;/h7-10,13H,6,11-12H2,1-5H3,(H2,19,20,21);1H. The first kappa shape index (κ1) is 22.1. The van der Waals surface area contributed by atoms with Gasteiger partial charge in [0.1, 0.15) is 5.82 Å². The zero-order chi connectivity index (χ0) is 16.6. The number of aliphatic imine (C=N–C) groups is 1. The molecule has 0 aromatic heterocycles. The molecule has 0 radical (unpaired) electrons. The first-order valence-electron chi connectivity index (χ1n) is 7.69. The minimum atomic E-state index is -0.241. The van der Waals surface area contributed by atoms with Gasteiger partial charge in [-0.2, -0.15) is 0 Å². The smallest absolute Gasteiger partial charge is 0.191 e. The molecule has 0 aliphatic heterocycles. The fourth-order valence-electron chi connectivity index (χ4n) is 2.12. The fraction of sp³-hybridized carbons (Fsp3) is 0.588. The average Bonchev–Trinajstić information content (AvgIpc) is 2.45. The summed E-state index contributed by atoms with van der Waals surface area (Å²) < 4.78 is 18.5. The maximum absolute atomic E-state index is 13.4. The van der Waals surface area contributed by atoms with Crippen LogP contribution in [0.4, 0.5) is 4.39 Å². The molecule has 0 heterocycles. The Bertz CT molecular complexity index is 494. The van der Waals surface area contributed by atoms with Gasteiger partial charge >= 0.3 is 0 Å². The molecule has 0 bridgehead atoms. The summed E-state index contributed by atoms with van der Waals surface area (Å²) in [5, 5.41) is 6.51. The highest BCUT2D eigenvalue weighted by Crippen LogP contribution is 2.24. The normalized spacial score (nSPS) is 13.2. The van der Waals surface area contributed by atoms with Gasteiger partial charge in [0.2, 0.25) is 0 Å². The van der Waals surface area contributed by atoms with E-state index >= 15 is 0 Å². The number of guanidine groups is 1. The number of methoxy groups -OCH3 is 1. The van der Waals surface area contributed by atoms with Gasteiger partial charge < -0.3 is 15.4 Å². The minimum absolute atomic E-state index is 0. The fourth-order valence-corrected chi connectivity index (χ4v) is 2.12. The second kappa shape index (κ2) is 10.8. The quantitative estimate of drug-likeness (QED) is 0.391. The molecule has 1 rings (SSSR count). The predicted molar refractivity (Wildman–Crippen MR) is 105 cm³/mol. The molecule has 0 saturated heterocycles. The first-order chi connectivity index (χ1) is 10.4. The van der Waals surface area contributed by atoms with Gasteiger partial charge in [-0.1, -0.05) is 26.0 Å². The summed E-state index contributed by atoms with van der Waals surface area (Å²) in [5.74, 6) is 0.532. The lowest BCUT2D eigenvalue weighted by molar-refractivity contribution is 0.179. The second-order valence-corrected chi connectivity index (χ2v) is 6.09. The number of halogens is 2. The summed E-state index contributed by atoms with van der Waals surface area (Å²) in [4.78, 5) is 4.63. The van der Waals surface area contributed by atoms with Crippen molar-refractivity contribution in [1.29, 1.82) is 0 Å². The van der Waals surface area contributed by atoms with Crippen LogP contribution in [0.3, 0.4) is 0 Å². The molecule has 0 saturated carbocycles. The molecule has 1 unspecified atom stereocenters. The summed E-state index contributed by atoms with van der Waals surface area (Å²) in [6.07, 6.45) is 0. The lowest BCUT2D eigenvalue weighted by Gasteiger charge is -2.24. The van der Waals surface area contributed by atoms with Gasteiger partial charge in [-0.15, -0.1) is 24.0 Å². The number of nitrogens with zero attached hydrogens (tertiary/aromatic N) is 1. The molecule has 1 aromatic rings. The van der Waals surface area contributed by atoms with E-state index in [9.17, 15) is 4.39 Å². The molecule has 132 valence electrons. The molecule has 2 N–H and O–H groups in total. The third kappa shape index (κ3) is 7.97. The number of ether oxygens (including phenoxy) is 1. The monoisotopic (exact) mass is 437 g/mol. The Morgan fingerprint density at radius 2 is 2.09 bits per heavy atom. The Morgan fingerprint density at radius 3 is 2.65 bits per heavy atom. The van der Waals surface area contributed by atoms with Gasteiger partial charge in [0.05, 0.1) is 13.2 Å². The summed E-state index contributed by atoms with van der Waals surface area (Å²) in [6, 6.07) is 6.87. The van der Waals surface area contributed by atoms with Crippen molar-refractivity contribution in [2.75, 3.05) is 26.8 Å². The molecule has 1 atom stereocenters. The van der Waals surface area contributed by atoms with Gasteiger partial charge in [0.15, 0.2) is 5.96 Å². The number of hydrogen-bond donors (Lipinski definition) is 2. The van der Waals surface area contributed by atoms with E-state index < -0.39 is 0 Å². The largest absolute Gasteiger partial charge is 0.383 e. The van der Waals surface area contributed by atoms with E-state index in [-0.39, 0.29) is 41.3 Å². The number of rotatable bonds is 7. The topological polar surface area (TPSA) is 45.7 Å². The van der Waals surface area contributed by atoms with Crippen molar-refractivity contribution in [2.45, 2.75) is 39.2 Å². The van der Waals surface area contributed by atoms with Crippen LogP contribution >= 0.6 is 24.0 Å². The van der Waals surface area contributed by atoms with Gasteiger partial charge in [-0.05, 0) is 31.5 Å². The van der Waals surface area contributed by atoms with Gasteiger partial charge in [-0.25, -0.2) is 4.39 Å². The zero-order valence-electron chi connectivity index (χ0n) is 14.6. The SMILES string of the molecule is CCNC(=NCC(C)(C)c1cccc(F)c1)NC(C)COC.I. The van der Waals surface area contributed by atoms with Crippen LogP contribution in [0.1, 0.15) is 33.3 Å². The van der Waals surface area contributed by atoms with E-state index in [1.165, 1.54) is 6.07 Å². The Labute approximate surface area is 156 Å². The van der Waals surface area contributed by atoms with Crippen molar-refractivity contribution >= 4 is 29.9 Å². The number of hydrogen-bond acceptors (Lipinski definition) is 2. The van der Waals surface area contributed by atoms with E-state index in [0.717, 1.165) is 18.1 Å². The minimum Gasteiger partial charge on any atom is -0.383 e. The Balaban J connectivity index is 0.00000484. The van der Waals surface area contributed by atoms with Crippen LogP contribution in [-0.2, 0) is 10.2 Å². The van der Waals surface area contributed by atoms with E-state index in [4.69, 9.17) is 4.74 Å². The molecule has 0 fully saturated rings. The molecule has 0 aliphatic carbocycles. The lowest BCUT2D eigenvalue weighted by Crippen LogP contribution is -2.44. The lowest BCUT2D eigenvalue weighted by atomic mass is 9.85. The summed E-state index contributed by atoms with van der Waals surface area (Å²) in [5.41, 5.74) is 0.701. The second-order valence-electron chi connectivity index (χ2n) is 6.09. The molecule has 0 amide bonds. The third-order valence-corrected chi connectivity index (χ3v) is 3.38. The van der Waals surface area contributed by atoms with Crippen LogP contribution in [0.15, 0.2) is 29.3 Å². The highest BCUT2D eigenvalue weighted by molar-refractivity contribution is 14.0. The Morgan fingerprint density at radius 1 is 1.39 bits per heavy atom. The molecule has 4 nitrogen and oxygen atoms in total. The van der Waals surface area contributed by atoms with Gasteiger partial charge in [-0.3, -0.25) is 4.99 Å². The maximum Gasteiger partial charge on any atom is 0.191 e. The molecular formula is C17H29FIN3O. The molecular weight excluding hydrogens is 408 g/mol. The van der Waals surface area contributed by atoms with Crippen molar-refractivity contribution in [1.82, 2.24) is 10.6 Å². The third-order valence-electron chi connectivity index (χ3n) is 3.38. The Kier molecular flexibility index (Phi) is 10.4. The van der Waals surface area contributed by atoms with Crippen LogP contribution in [-0.4, -0.2) is 38.8 Å². The van der Waals surface area contributed by atoms with Crippen LogP contribution in [0, 0.1) is 5.82 Å². The van der Waals surface area contributed by atoms with E-state index in [0.29, 0.717) is 13.2 Å². The van der Waals surface area contributed by atoms with Crippen molar-refractivity contribution < 1.29 is 9.13 Å². The molecule has 1 aromatic carbocycles. The van der Waals surface area contributed by atoms with E-state index in [1.54, 1.807) is 19.2 Å². The summed E-state index contributed by atoms with van der Waals surface area (Å²) in [7, 11) is 1.68. The van der Waals surface area contributed by atoms with Gasteiger partial charge in [0.25, 0.3) is 0 Å². The van der Waals surface area contributed by atoms with Crippen molar-refractivity contribution in [3.05, 3.63) is 35.6 Å². The van der Waals surface area contributed by atoms with Crippen molar-refractivity contribution in [3.8, 4) is 0 Å². The molecule has 23 heavy (non-hydrogen) atoms. The predicted octanol–water partition coefficient (Wildman–Crippen LogP) is 3.31. The van der Waals surface area contributed by atoms with Crippen molar-refractivity contribution in [2.24, 2.45) is 4.99 Å². The summed E-state index contributed by atoms with van der Waals surface area (Å²) >= 11 is 0. The first-order valence-corrected chi connectivity index (χ1v) is 7.69. The average molecular weight is 437 g/mol. The maximum atomic E-state index is 13.4. The van der Waals surface area contributed by atoms with E-state index in [2.05, 4.69) is 29.5 Å². The Hall–Kier alpha value is -0.890. The van der Waals surface area contributed by atoms with Gasteiger partial charge in [0, 0.05) is 25.1 Å². The van der Waals surface area contributed by atoms with Crippen LogP contribution in [0.5, 0.6) is 0 Å². The highest BCUT2D eigenvalue weighted by atomic mass is 127. The van der Waals surface area contributed by atoms with Crippen molar-refractivity contribution in [3.63, 3.8) is 0 Å². The molecule has 6 heteroatoms. The number of benzene rings is 1. The zero-order valence-corrected chi connectivity index (χ0v) is 17.0. The molecule has 0 aliphatic rings. The van der Waals surface area contributed by atoms with E-state index in [1.807, 2.05) is 19.9 Å². The summed E-state index contributed by atoms with van der Waals surface area (Å²) in [6.45, 7) is 10.1.